The topological polar surface area (TPSA) is 41.8 Å². The molecule has 0 saturated heterocycles. The maximum Gasteiger partial charge on any atom is 0.0451 e. The van der Waals surface area contributed by atoms with Gasteiger partial charge in [-0.3, -0.25) is 0 Å². The molecule has 0 saturated carbocycles. The van der Waals surface area contributed by atoms with Gasteiger partial charge in [0.25, 0.3) is 0 Å². The Morgan fingerprint density at radius 2 is 2.27 bits per heavy atom. The predicted molar refractivity (Wildman–Crippen MR) is 62.5 cm³/mol. The number of nitrogens with one attached hydrogen (secondary N) is 1. The zero-order chi connectivity index (χ0) is 10.3. The van der Waals surface area contributed by atoms with Gasteiger partial charge in [-0.2, -0.15) is 0 Å². The number of hydrogen-bond acceptors (Lipinski definition) is 1. The Hall–Kier alpha value is -1.28. The van der Waals surface area contributed by atoms with E-state index in [1.54, 1.807) is 0 Å². The lowest BCUT2D eigenvalue weighted by atomic mass is 9.91. The van der Waals surface area contributed by atoms with E-state index in [1.165, 1.54) is 35.4 Å². The minimum Gasteiger partial charge on any atom is -0.360 e. The van der Waals surface area contributed by atoms with Crippen LogP contribution in [0.1, 0.15) is 41.4 Å². The molecule has 2 nitrogen and oxygen atoms in total. The van der Waals surface area contributed by atoms with Crippen LogP contribution in [0.3, 0.4) is 0 Å². The van der Waals surface area contributed by atoms with Crippen LogP contribution in [-0.2, 0) is 12.8 Å². The van der Waals surface area contributed by atoms with Crippen LogP contribution in [0.15, 0.2) is 18.2 Å². The van der Waals surface area contributed by atoms with Crippen molar-refractivity contribution in [2.45, 2.75) is 31.7 Å². The summed E-state index contributed by atoms with van der Waals surface area (Å²) in [5, 5.41) is 0. The zero-order valence-electron chi connectivity index (χ0n) is 8.79. The number of H-pyrrole nitrogens is 1. The van der Waals surface area contributed by atoms with Gasteiger partial charge in [-0.05, 0) is 30.4 Å². The molecule has 1 aromatic heterocycles. The highest BCUT2D eigenvalue weighted by Gasteiger charge is 2.23. The van der Waals surface area contributed by atoms with E-state index in [0.29, 0.717) is 0 Å². The van der Waals surface area contributed by atoms with Gasteiger partial charge in [0.1, 0.15) is 0 Å². The summed E-state index contributed by atoms with van der Waals surface area (Å²) in [5.41, 5.74) is 11.6. The second-order valence-electron chi connectivity index (χ2n) is 4.40. The quantitative estimate of drug-likeness (QED) is 0.663. The Bertz CT molecular complexity index is 438. The Labute approximate surface area is 89.9 Å². The maximum atomic E-state index is 6.12. The van der Waals surface area contributed by atoms with Crippen LogP contribution in [0.5, 0.6) is 0 Å². The van der Waals surface area contributed by atoms with E-state index in [1.807, 2.05) is 0 Å². The van der Waals surface area contributed by atoms with E-state index in [4.69, 9.17) is 5.73 Å². The Morgan fingerprint density at radius 3 is 3.20 bits per heavy atom. The molecule has 1 aromatic rings. The molecule has 0 fully saturated rings. The lowest BCUT2D eigenvalue weighted by Gasteiger charge is -2.18. The second-order valence-corrected chi connectivity index (χ2v) is 4.40. The summed E-state index contributed by atoms with van der Waals surface area (Å²) in [6, 6.07) is 0.220. The molecule has 0 bridgehead atoms. The third-order valence-electron chi connectivity index (χ3n) is 3.41. The monoisotopic (exact) mass is 200 g/mol. The number of allylic oxidation sites excluding steroid dienone is 3. The van der Waals surface area contributed by atoms with Crippen LogP contribution in [0, 0.1) is 0 Å². The molecule has 1 unspecified atom stereocenters. The van der Waals surface area contributed by atoms with Crippen LogP contribution >= 0.6 is 0 Å². The first-order valence-electron chi connectivity index (χ1n) is 5.68. The van der Waals surface area contributed by atoms with Gasteiger partial charge in [0, 0.05) is 23.9 Å². The van der Waals surface area contributed by atoms with E-state index in [-0.39, 0.29) is 6.04 Å². The Morgan fingerprint density at radius 1 is 1.33 bits per heavy atom. The normalized spacial score (nSPS) is 23.4. The molecule has 1 heterocycles. The van der Waals surface area contributed by atoms with Crippen molar-refractivity contribution in [3.8, 4) is 0 Å². The number of rotatable bonds is 0. The van der Waals surface area contributed by atoms with Gasteiger partial charge in [-0.1, -0.05) is 24.3 Å². The van der Waals surface area contributed by atoms with Gasteiger partial charge in [0.2, 0.25) is 0 Å². The Kier molecular flexibility index (Phi) is 2.03. The minimum atomic E-state index is 0.220. The van der Waals surface area contributed by atoms with Crippen molar-refractivity contribution >= 4 is 6.08 Å². The number of hydrogen-bond donors (Lipinski definition) is 2. The maximum absolute atomic E-state index is 6.12. The lowest BCUT2D eigenvalue weighted by Crippen LogP contribution is -2.17. The van der Waals surface area contributed by atoms with E-state index in [2.05, 4.69) is 29.3 Å². The number of nitrogens with two attached hydrogens (primary N) is 1. The first-order chi connectivity index (χ1) is 7.36. The predicted octanol–water partition coefficient (Wildman–Crippen LogP) is 2.48. The van der Waals surface area contributed by atoms with E-state index in [0.717, 1.165) is 12.8 Å². The SMILES string of the molecule is NC1CCCc2c1[nH]c1c2C=CC=CC1. The first-order valence-corrected chi connectivity index (χ1v) is 5.68. The van der Waals surface area contributed by atoms with Gasteiger partial charge >= 0.3 is 0 Å². The van der Waals surface area contributed by atoms with E-state index in [9.17, 15) is 0 Å². The largest absolute Gasteiger partial charge is 0.360 e. The van der Waals surface area contributed by atoms with Gasteiger partial charge in [-0.25, -0.2) is 0 Å². The van der Waals surface area contributed by atoms with Crippen molar-refractivity contribution in [1.82, 2.24) is 4.98 Å². The molecule has 2 aliphatic carbocycles. The van der Waals surface area contributed by atoms with Gasteiger partial charge in [0.15, 0.2) is 0 Å². The molecule has 0 aliphatic heterocycles. The number of aromatic nitrogens is 1. The van der Waals surface area contributed by atoms with Crippen molar-refractivity contribution < 1.29 is 0 Å². The van der Waals surface area contributed by atoms with Crippen molar-refractivity contribution in [2.75, 3.05) is 0 Å². The van der Waals surface area contributed by atoms with Crippen LogP contribution in [0.4, 0.5) is 0 Å². The zero-order valence-corrected chi connectivity index (χ0v) is 8.79. The second kappa shape index (κ2) is 3.38. The molecule has 2 aliphatic rings. The summed E-state index contributed by atoms with van der Waals surface area (Å²) in [6.45, 7) is 0. The number of aromatic amines is 1. The molecular weight excluding hydrogens is 184 g/mol. The molecule has 0 radical (unpaired) electrons. The molecule has 0 spiro atoms. The fourth-order valence-corrected chi connectivity index (χ4v) is 2.64. The van der Waals surface area contributed by atoms with Crippen molar-refractivity contribution in [1.29, 1.82) is 0 Å². The molecule has 3 N–H and O–H groups in total. The van der Waals surface area contributed by atoms with Crippen molar-refractivity contribution in [3.63, 3.8) is 0 Å². The molecular formula is C13H16N2. The van der Waals surface area contributed by atoms with Crippen molar-refractivity contribution in [3.05, 3.63) is 40.7 Å². The Balaban J connectivity index is 2.15. The summed E-state index contributed by atoms with van der Waals surface area (Å²) in [5.74, 6) is 0. The smallest absolute Gasteiger partial charge is 0.0451 e. The molecule has 15 heavy (non-hydrogen) atoms. The first kappa shape index (κ1) is 8.98. The molecule has 3 rings (SSSR count). The number of fused-ring (bicyclic) bond motifs is 3. The fraction of sp³-hybridized carbons (Fsp3) is 0.385. The summed E-state index contributed by atoms with van der Waals surface area (Å²) in [6.07, 6.45) is 13.2. The summed E-state index contributed by atoms with van der Waals surface area (Å²) in [7, 11) is 0. The van der Waals surface area contributed by atoms with Crippen LogP contribution in [0.25, 0.3) is 6.08 Å². The minimum absolute atomic E-state index is 0.220. The molecule has 0 amide bonds. The standard InChI is InChI=1S/C13H16N2/c14-11-7-4-6-10-9-5-2-1-3-8-12(9)15-13(10)11/h1-3,5,11,15H,4,6-8,14H2. The van der Waals surface area contributed by atoms with E-state index < -0.39 is 0 Å². The fourth-order valence-electron chi connectivity index (χ4n) is 2.64. The highest BCUT2D eigenvalue weighted by Crippen LogP contribution is 2.33. The highest BCUT2D eigenvalue weighted by molar-refractivity contribution is 5.62. The van der Waals surface area contributed by atoms with Crippen LogP contribution < -0.4 is 5.73 Å². The summed E-state index contributed by atoms with van der Waals surface area (Å²) < 4.78 is 0. The van der Waals surface area contributed by atoms with E-state index >= 15 is 0 Å². The molecule has 2 heteroatoms. The van der Waals surface area contributed by atoms with Crippen molar-refractivity contribution in [2.24, 2.45) is 5.73 Å². The third kappa shape index (κ3) is 1.37. The third-order valence-corrected chi connectivity index (χ3v) is 3.41. The summed E-state index contributed by atoms with van der Waals surface area (Å²) >= 11 is 0. The van der Waals surface area contributed by atoms with Crippen LogP contribution in [0.2, 0.25) is 0 Å². The average molecular weight is 200 g/mol. The molecule has 0 aromatic carbocycles. The summed E-state index contributed by atoms with van der Waals surface area (Å²) in [4.78, 5) is 3.52. The van der Waals surface area contributed by atoms with Crippen LogP contribution in [-0.4, -0.2) is 4.98 Å². The van der Waals surface area contributed by atoms with Gasteiger partial charge < -0.3 is 10.7 Å². The lowest BCUT2D eigenvalue weighted by molar-refractivity contribution is 0.560. The highest BCUT2D eigenvalue weighted by atomic mass is 14.8. The average Bonchev–Trinajstić information content (AvgIpc) is 2.45. The van der Waals surface area contributed by atoms with Gasteiger partial charge in [0.05, 0.1) is 0 Å². The molecule has 1 atom stereocenters. The molecule has 78 valence electrons. The van der Waals surface area contributed by atoms with Gasteiger partial charge in [-0.15, -0.1) is 0 Å².